The summed E-state index contributed by atoms with van der Waals surface area (Å²) in [6.07, 6.45) is 3.84. The number of fused-ring (bicyclic) bond motifs is 1. The summed E-state index contributed by atoms with van der Waals surface area (Å²) in [5, 5.41) is 9.08. The summed E-state index contributed by atoms with van der Waals surface area (Å²) in [6.45, 7) is 5.55. The number of piperidine rings is 1. The predicted molar refractivity (Wildman–Crippen MR) is 133 cm³/mol. The van der Waals surface area contributed by atoms with Gasteiger partial charge in [0.05, 0.1) is 24.1 Å². The van der Waals surface area contributed by atoms with Gasteiger partial charge in [0.15, 0.2) is 5.13 Å². The number of halogens is 2. The number of benzene rings is 2. The van der Waals surface area contributed by atoms with E-state index in [0.29, 0.717) is 30.3 Å². The molecule has 2 saturated heterocycles. The number of aromatic nitrogens is 4. The summed E-state index contributed by atoms with van der Waals surface area (Å²) >= 11 is 1.57. The van der Waals surface area contributed by atoms with E-state index in [9.17, 15) is 9.18 Å². The molecular weight excluding hydrogens is 482 g/mol. The number of anilines is 1. The molecule has 184 valence electrons. The van der Waals surface area contributed by atoms with Crippen LogP contribution in [0.4, 0.5) is 13.9 Å². The molecule has 7 nitrogen and oxygen atoms in total. The number of likely N-dealkylation sites (tertiary alicyclic amines) is 1. The second-order valence-electron chi connectivity index (χ2n) is 9.34. The van der Waals surface area contributed by atoms with E-state index in [1.165, 1.54) is 29.3 Å². The molecule has 0 spiro atoms. The largest absolute Gasteiger partial charge is 0.343 e. The zero-order chi connectivity index (χ0) is 25.0. The van der Waals surface area contributed by atoms with Gasteiger partial charge in [0.25, 0.3) is 5.91 Å². The lowest BCUT2D eigenvalue weighted by Crippen LogP contribution is -2.65. The molecular formula is C26H24F2N6OS. The standard InChI is InChI=1S/C26H24F2N6OS/c1-15-6-7-20(34-29-9-10-30-34)22(23(15)28)25(35)32-11-8-18-13-33(21(18)14-32)26-31-24(16(2)36-26)17-4-3-5-19(27)12-17/h3-7,9-10,12,18,21H,8,11,13-14H2,1-2H3/t18?,21-/m1/s1. The van der Waals surface area contributed by atoms with E-state index in [-0.39, 0.29) is 23.3 Å². The molecule has 6 rings (SSSR count). The molecule has 0 saturated carbocycles. The lowest BCUT2D eigenvalue weighted by molar-refractivity contribution is 0.0587. The first-order valence-corrected chi connectivity index (χ1v) is 12.7. The molecule has 0 bridgehead atoms. The number of rotatable bonds is 4. The average molecular weight is 507 g/mol. The number of thiazole rings is 1. The summed E-state index contributed by atoms with van der Waals surface area (Å²) < 4.78 is 29.0. The monoisotopic (exact) mass is 506 g/mol. The minimum absolute atomic E-state index is 0.00555. The van der Waals surface area contributed by atoms with Gasteiger partial charge in [-0.1, -0.05) is 18.2 Å². The number of carbonyl (C=O) groups excluding carboxylic acids is 1. The van der Waals surface area contributed by atoms with Gasteiger partial charge in [-0.3, -0.25) is 4.79 Å². The summed E-state index contributed by atoms with van der Waals surface area (Å²) in [6, 6.07) is 9.88. The van der Waals surface area contributed by atoms with E-state index in [0.717, 1.165) is 34.2 Å². The molecule has 1 amide bonds. The summed E-state index contributed by atoms with van der Waals surface area (Å²) in [5.41, 5.74) is 2.25. The Kier molecular flexibility index (Phi) is 5.55. The Morgan fingerprint density at radius 2 is 1.89 bits per heavy atom. The van der Waals surface area contributed by atoms with Crippen LogP contribution in [0.3, 0.4) is 0 Å². The quantitative estimate of drug-likeness (QED) is 0.404. The molecule has 4 heterocycles. The Morgan fingerprint density at radius 3 is 2.67 bits per heavy atom. The highest BCUT2D eigenvalue weighted by atomic mass is 32.1. The van der Waals surface area contributed by atoms with Gasteiger partial charge in [-0.2, -0.15) is 15.0 Å². The fourth-order valence-corrected chi connectivity index (χ4v) is 6.15. The maximum Gasteiger partial charge on any atom is 0.259 e. The number of amides is 1. The van der Waals surface area contributed by atoms with Crippen molar-refractivity contribution in [3.05, 3.63) is 76.4 Å². The van der Waals surface area contributed by atoms with Gasteiger partial charge in [-0.05, 0) is 44.0 Å². The number of hydrogen-bond donors (Lipinski definition) is 0. The first kappa shape index (κ1) is 22.8. The van der Waals surface area contributed by atoms with Crippen molar-refractivity contribution in [2.24, 2.45) is 5.92 Å². The molecule has 2 aromatic carbocycles. The lowest BCUT2D eigenvalue weighted by Gasteiger charge is -2.53. The van der Waals surface area contributed by atoms with Gasteiger partial charge in [-0.25, -0.2) is 13.8 Å². The van der Waals surface area contributed by atoms with Gasteiger partial charge in [-0.15, -0.1) is 11.3 Å². The van der Waals surface area contributed by atoms with Gasteiger partial charge >= 0.3 is 0 Å². The average Bonchev–Trinajstić information content (AvgIpc) is 3.51. The summed E-state index contributed by atoms with van der Waals surface area (Å²) in [4.78, 5) is 24.7. The molecule has 1 unspecified atom stereocenters. The zero-order valence-electron chi connectivity index (χ0n) is 19.9. The van der Waals surface area contributed by atoms with Crippen LogP contribution in [0.2, 0.25) is 0 Å². The van der Waals surface area contributed by atoms with Crippen LogP contribution in [0.25, 0.3) is 16.9 Å². The van der Waals surface area contributed by atoms with E-state index in [4.69, 9.17) is 4.98 Å². The van der Waals surface area contributed by atoms with Gasteiger partial charge in [0.2, 0.25) is 0 Å². The van der Waals surface area contributed by atoms with Crippen LogP contribution in [0.1, 0.15) is 27.2 Å². The lowest BCUT2D eigenvalue weighted by atomic mass is 9.82. The van der Waals surface area contributed by atoms with Gasteiger partial charge < -0.3 is 9.80 Å². The molecule has 4 aromatic rings. The third-order valence-electron chi connectivity index (χ3n) is 7.13. The zero-order valence-corrected chi connectivity index (χ0v) is 20.7. The predicted octanol–water partition coefficient (Wildman–Crippen LogP) is 4.64. The van der Waals surface area contributed by atoms with Crippen LogP contribution in [0.15, 0.2) is 48.8 Å². The third kappa shape index (κ3) is 3.76. The topological polar surface area (TPSA) is 67.2 Å². The van der Waals surface area contributed by atoms with Crippen LogP contribution < -0.4 is 4.90 Å². The van der Waals surface area contributed by atoms with Crippen LogP contribution in [-0.2, 0) is 0 Å². The smallest absolute Gasteiger partial charge is 0.259 e. The molecule has 2 atom stereocenters. The summed E-state index contributed by atoms with van der Waals surface area (Å²) in [7, 11) is 0. The SMILES string of the molecule is Cc1ccc(-n2nccn2)c(C(=O)N2CCC3CN(c4nc(-c5cccc(F)c5)c(C)s4)[C@@H]3C2)c1F. The van der Waals surface area contributed by atoms with E-state index in [1.807, 2.05) is 13.0 Å². The molecule has 2 fully saturated rings. The molecule has 0 N–H and O–H groups in total. The van der Waals surface area contributed by atoms with E-state index < -0.39 is 5.82 Å². The van der Waals surface area contributed by atoms with Crippen molar-refractivity contribution in [2.45, 2.75) is 26.3 Å². The number of hydrogen-bond acceptors (Lipinski definition) is 6. The maximum absolute atomic E-state index is 15.3. The Balaban J connectivity index is 1.26. The first-order valence-electron chi connectivity index (χ1n) is 11.9. The molecule has 2 aliphatic rings. The fourth-order valence-electron chi connectivity index (χ4n) is 5.15. The van der Waals surface area contributed by atoms with Crippen LogP contribution in [0.5, 0.6) is 0 Å². The molecule has 0 aliphatic carbocycles. The van der Waals surface area contributed by atoms with Gasteiger partial charge in [0, 0.05) is 36.0 Å². The number of carbonyl (C=O) groups is 1. The van der Waals surface area contributed by atoms with Crippen molar-refractivity contribution in [2.75, 3.05) is 24.5 Å². The van der Waals surface area contributed by atoms with E-state index >= 15 is 4.39 Å². The molecule has 2 aliphatic heterocycles. The first-order chi connectivity index (χ1) is 17.4. The Morgan fingerprint density at radius 1 is 1.08 bits per heavy atom. The molecule has 2 aromatic heterocycles. The minimum Gasteiger partial charge on any atom is -0.343 e. The molecule has 36 heavy (non-hydrogen) atoms. The maximum atomic E-state index is 15.3. The number of nitrogens with zero attached hydrogens (tertiary/aromatic N) is 6. The van der Waals surface area contributed by atoms with Gasteiger partial charge in [0.1, 0.15) is 22.9 Å². The fraction of sp³-hybridized carbons (Fsp3) is 0.308. The molecule has 10 heteroatoms. The minimum atomic E-state index is -0.544. The Labute approximate surface area is 211 Å². The van der Waals surface area contributed by atoms with Crippen LogP contribution in [-0.4, -0.2) is 56.5 Å². The summed E-state index contributed by atoms with van der Waals surface area (Å²) in [5.74, 6) is -0.743. The number of aryl methyl sites for hydroxylation is 2. The Bertz CT molecular complexity index is 1450. The van der Waals surface area contributed by atoms with E-state index in [1.54, 1.807) is 41.4 Å². The van der Waals surface area contributed by atoms with Crippen molar-refractivity contribution in [3.8, 4) is 16.9 Å². The highest BCUT2D eigenvalue weighted by molar-refractivity contribution is 7.16. The van der Waals surface area contributed by atoms with Crippen LogP contribution in [0, 0.1) is 31.4 Å². The van der Waals surface area contributed by atoms with Crippen molar-refractivity contribution >= 4 is 22.4 Å². The van der Waals surface area contributed by atoms with Crippen LogP contribution >= 0.6 is 11.3 Å². The molecule has 0 radical (unpaired) electrons. The second-order valence-corrected chi connectivity index (χ2v) is 10.5. The van der Waals surface area contributed by atoms with Crippen molar-refractivity contribution in [1.29, 1.82) is 0 Å². The third-order valence-corrected chi connectivity index (χ3v) is 8.14. The Hall–Kier alpha value is -3.66. The highest BCUT2D eigenvalue weighted by Crippen LogP contribution is 2.41. The highest BCUT2D eigenvalue weighted by Gasteiger charge is 2.45. The normalized spacial score (nSPS) is 19.2. The van der Waals surface area contributed by atoms with E-state index in [2.05, 4.69) is 15.1 Å². The van der Waals surface area contributed by atoms with Crippen molar-refractivity contribution in [1.82, 2.24) is 24.9 Å². The van der Waals surface area contributed by atoms with Crippen molar-refractivity contribution in [3.63, 3.8) is 0 Å². The second kappa shape index (κ2) is 8.77. The van der Waals surface area contributed by atoms with Crippen molar-refractivity contribution < 1.29 is 13.6 Å².